The van der Waals surface area contributed by atoms with Crippen molar-refractivity contribution < 1.29 is 9.53 Å². The van der Waals surface area contributed by atoms with Gasteiger partial charge in [-0.05, 0) is 6.07 Å². The zero-order chi connectivity index (χ0) is 10.0. The van der Waals surface area contributed by atoms with E-state index in [1.54, 1.807) is 7.05 Å². The molecule has 0 atom stereocenters. The number of hydrogen-bond donors (Lipinski definition) is 0. The molecule has 0 fully saturated rings. The number of nitrogens with zero attached hydrogens (tertiary/aromatic N) is 2. The summed E-state index contributed by atoms with van der Waals surface area (Å²) in [5.41, 5.74) is 0.536. The van der Waals surface area contributed by atoms with Crippen molar-refractivity contribution in [2.75, 3.05) is 7.11 Å². The Kier molecular flexibility index (Phi) is 2.59. The molecule has 0 N–H and O–H groups in total. The van der Waals surface area contributed by atoms with Crippen LogP contribution in [0.25, 0.3) is 0 Å². The smallest absolute Gasteiger partial charge is 0.354 e. The molecule has 0 aliphatic rings. The number of methoxy groups -OCH3 is 1. The predicted octanol–water partition coefficient (Wildman–Crippen LogP) is 1.34. The number of aromatic nitrogens is 1. The standard InChI is InChI=1S/C8H7ClN2O2/c1-11-6(8(12)13-2)3-5(4-10)7(11)9/h3H,1-2H3. The molecule has 1 aromatic heterocycles. The summed E-state index contributed by atoms with van der Waals surface area (Å²) in [6.07, 6.45) is 0. The zero-order valence-corrected chi connectivity index (χ0v) is 7.92. The van der Waals surface area contributed by atoms with Crippen molar-refractivity contribution in [2.24, 2.45) is 7.05 Å². The van der Waals surface area contributed by atoms with Crippen LogP contribution in [0.3, 0.4) is 0 Å². The molecule has 0 spiro atoms. The Morgan fingerprint density at radius 1 is 1.77 bits per heavy atom. The van der Waals surface area contributed by atoms with Gasteiger partial charge < -0.3 is 9.30 Å². The Bertz CT molecular complexity index is 390. The maximum atomic E-state index is 11.1. The maximum Gasteiger partial charge on any atom is 0.354 e. The Morgan fingerprint density at radius 2 is 2.38 bits per heavy atom. The number of esters is 1. The van der Waals surface area contributed by atoms with E-state index in [-0.39, 0.29) is 16.4 Å². The van der Waals surface area contributed by atoms with Crippen LogP contribution >= 0.6 is 11.6 Å². The molecule has 1 aromatic rings. The maximum absolute atomic E-state index is 11.1. The molecular formula is C8H7ClN2O2. The number of nitriles is 1. The number of ether oxygens (including phenoxy) is 1. The van der Waals surface area contributed by atoms with Crippen LogP contribution in [0, 0.1) is 11.3 Å². The Balaban J connectivity index is 3.27. The van der Waals surface area contributed by atoms with Crippen LogP contribution in [0.5, 0.6) is 0 Å². The fourth-order valence-electron chi connectivity index (χ4n) is 0.958. The fraction of sp³-hybridized carbons (Fsp3) is 0.250. The third kappa shape index (κ3) is 1.51. The Morgan fingerprint density at radius 3 is 2.77 bits per heavy atom. The van der Waals surface area contributed by atoms with Gasteiger partial charge in [0.05, 0.1) is 12.7 Å². The van der Waals surface area contributed by atoms with Gasteiger partial charge in [0.15, 0.2) is 0 Å². The minimum Gasteiger partial charge on any atom is -0.464 e. The van der Waals surface area contributed by atoms with Crippen LogP contribution in [0.1, 0.15) is 16.1 Å². The predicted molar refractivity (Wildman–Crippen MR) is 46.5 cm³/mol. The summed E-state index contributed by atoms with van der Waals surface area (Å²) >= 11 is 5.75. The molecular weight excluding hydrogens is 192 g/mol. The van der Waals surface area contributed by atoms with Crippen LogP contribution in [-0.2, 0) is 11.8 Å². The molecule has 1 rings (SSSR count). The first-order chi connectivity index (χ1) is 6.11. The highest BCUT2D eigenvalue weighted by Crippen LogP contribution is 2.19. The van der Waals surface area contributed by atoms with Gasteiger partial charge in [-0.1, -0.05) is 11.6 Å². The van der Waals surface area contributed by atoms with Gasteiger partial charge in [-0.25, -0.2) is 4.79 Å². The summed E-state index contributed by atoms with van der Waals surface area (Å²) in [7, 11) is 2.87. The van der Waals surface area contributed by atoms with Gasteiger partial charge in [0.2, 0.25) is 0 Å². The number of halogens is 1. The Hall–Kier alpha value is -1.47. The molecule has 1 heterocycles. The normalized spacial score (nSPS) is 9.38. The van der Waals surface area contributed by atoms with Crippen molar-refractivity contribution in [2.45, 2.75) is 0 Å². The van der Waals surface area contributed by atoms with E-state index in [9.17, 15) is 4.79 Å². The van der Waals surface area contributed by atoms with Crippen molar-refractivity contribution in [1.29, 1.82) is 5.26 Å². The highest BCUT2D eigenvalue weighted by molar-refractivity contribution is 6.31. The number of carbonyl (C=O) groups is 1. The van der Waals surface area contributed by atoms with Crippen molar-refractivity contribution in [1.82, 2.24) is 4.57 Å². The summed E-state index contributed by atoms with van der Waals surface area (Å²) in [5, 5.41) is 8.85. The average molecular weight is 199 g/mol. The first kappa shape index (κ1) is 9.62. The fourth-order valence-corrected chi connectivity index (χ4v) is 1.15. The second kappa shape index (κ2) is 3.50. The van der Waals surface area contributed by atoms with Gasteiger partial charge in [-0.15, -0.1) is 0 Å². The third-order valence-corrected chi connectivity index (χ3v) is 2.13. The van der Waals surface area contributed by atoms with Gasteiger partial charge in [0.25, 0.3) is 0 Å². The first-order valence-corrected chi connectivity index (χ1v) is 3.83. The van der Waals surface area contributed by atoms with Crippen LogP contribution in [0.15, 0.2) is 6.07 Å². The third-order valence-electron chi connectivity index (χ3n) is 1.67. The quantitative estimate of drug-likeness (QED) is 0.640. The molecule has 0 aliphatic heterocycles. The van der Waals surface area contributed by atoms with Gasteiger partial charge in [0, 0.05) is 7.05 Å². The van der Waals surface area contributed by atoms with E-state index in [0.29, 0.717) is 0 Å². The molecule has 0 unspecified atom stereocenters. The summed E-state index contributed by atoms with van der Waals surface area (Å²) in [4.78, 5) is 11.1. The summed E-state index contributed by atoms with van der Waals surface area (Å²) < 4.78 is 5.91. The van der Waals surface area contributed by atoms with E-state index in [1.807, 2.05) is 6.07 Å². The molecule has 5 heteroatoms. The van der Waals surface area contributed by atoms with Crippen LogP contribution < -0.4 is 0 Å². The molecule has 0 amide bonds. The van der Waals surface area contributed by atoms with E-state index in [4.69, 9.17) is 16.9 Å². The Labute approximate surface area is 80.3 Å². The molecule has 0 bridgehead atoms. The van der Waals surface area contributed by atoms with Crippen LogP contribution in [0.4, 0.5) is 0 Å². The lowest BCUT2D eigenvalue weighted by molar-refractivity contribution is 0.0590. The molecule has 13 heavy (non-hydrogen) atoms. The average Bonchev–Trinajstić information content (AvgIpc) is 2.43. The monoisotopic (exact) mass is 198 g/mol. The van der Waals surface area contributed by atoms with Crippen molar-refractivity contribution in [3.63, 3.8) is 0 Å². The molecule has 4 nitrogen and oxygen atoms in total. The highest BCUT2D eigenvalue weighted by Gasteiger charge is 2.16. The summed E-state index contributed by atoms with van der Waals surface area (Å²) in [6, 6.07) is 3.27. The minimum absolute atomic E-state index is 0.239. The number of hydrogen-bond acceptors (Lipinski definition) is 3. The van der Waals surface area contributed by atoms with Crippen molar-refractivity contribution in [3.05, 3.63) is 22.5 Å². The van der Waals surface area contributed by atoms with Gasteiger partial charge >= 0.3 is 5.97 Å². The first-order valence-electron chi connectivity index (χ1n) is 3.45. The zero-order valence-electron chi connectivity index (χ0n) is 7.17. The van der Waals surface area contributed by atoms with E-state index in [2.05, 4.69) is 4.74 Å². The molecule has 0 aliphatic carbocycles. The van der Waals surface area contributed by atoms with Gasteiger partial charge in [0.1, 0.15) is 16.9 Å². The SMILES string of the molecule is COC(=O)c1cc(C#N)c(Cl)n1C. The van der Waals surface area contributed by atoms with Crippen LogP contribution in [-0.4, -0.2) is 17.6 Å². The lowest BCUT2D eigenvalue weighted by atomic mass is 10.3. The molecule has 0 saturated heterocycles. The van der Waals surface area contributed by atoms with Crippen molar-refractivity contribution in [3.8, 4) is 6.07 Å². The van der Waals surface area contributed by atoms with E-state index >= 15 is 0 Å². The second-order valence-corrected chi connectivity index (χ2v) is 2.75. The topological polar surface area (TPSA) is 55.0 Å². The second-order valence-electron chi connectivity index (χ2n) is 2.40. The summed E-state index contributed by atoms with van der Waals surface area (Å²) in [6.45, 7) is 0. The molecule has 68 valence electrons. The lowest BCUT2D eigenvalue weighted by Gasteiger charge is -2.00. The van der Waals surface area contributed by atoms with E-state index < -0.39 is 5.97 Å². The van der Waals surface area contributed by atoms with E-state index in [0.717, 1.165) is 0 Å². The van der Waals surface area contributed by atoms with Gasteiger partial charge in [-0.2, -0.15) is 5.26 Å². The highest BCUT2D eigenvalue weighted by atomic mass is 35.5. The van der Waals surface area contributed by atoms with Crippen molar-refractivity contribution >= 4 is 17.6 Å². The summed E-state index contributed by atoms with van der Waals surface area (Å²) in [5.74, 6) is -0.508. The van der Waals surface area contributed by atoms with E-state index in [1.165, 1.54) is 17.7 Å². The van der Waals surface area contributed by atoms with Crippen LogP contribution in [0.2, 0.25) is 5.15 Å². The lowest BCUT2D eigenvalue weighted by Crippen LogP contribution is -2.07. The largest absolute Gasteiger partial charge is 0.464 e. The number of carbonyl (C=O) groups excluding carboxylic acids is 1. The van der Waals surface area contributed by atoms with Gasteiger partial charge in [-0.3, -0.25) is 0 Å². The minimum atomic E-state index is -0.508. The molecule has 0 saturated carbocycles. The molecule has 0 radical (unpaired) electrons. The number of rotatable bonds is 1. The molecule has 0 aromatic carbocycles.